The van der Waals surface area contributed by atoms with Crippen molar-refractivity contribution in [3.63, 3.8) is 0 Å². The molecule has 18 heavy (non-hydrogen) atoms. The lowest BCUT2D eigenvalue weighted by Gasteiger charge is -2.10. The maximum atomic E-state index is 9.24. The molecule has 0 aromatic heterocycles. The summed E-state index contributed by atoms with van der Waals surface area (Å²) in [5.41, 5.74) is 1.68. The third-order valence-electron chi connectivity index (χ3n) is 2.50. The van der Waals surface area contributed by atoms with Crippen LogP contribution in [0.4, 0.5) is 5.69 Å². The Labute approximate surface area is 114 Å². The Morgan fingerprint density at radius 3 is 2.89 bits per heavy atom. The fourth-order valence-electron chi connectivity index (χ4n) is 1.64. The van der Waals surface area contributed by atoms with Gasteiger partial charge < -0.3 is 5.32 Å². The van der Waals surface area contributed by atoms with Crippen LogP contribution in [-0.4, -0.2) is 12.3 Å². The van der Waals surface area contributed by atoms with Crippen molar-refractivity contribution in [3.05, 3.63) is 23.8 Å². The van der Waals surface area contributed by atoms with Gasteiger partial charge in [-0.15, -0.1) is 24.1 Å². The van der Waals surface area contributed by atoms with E-state index in [0.717, 1.165) is 47.7 Å². The smallest absolute Gasteiger partial charge is 0.102 e. The van der Waals surface area contributed by atoms with E-state index in [1.807, 2.05) is 18.2 Å². The highest BCUT2D eigenvalue weighted by Gasteiger charge is 2.07. The van der Waals surface area contributed by atoms with Gasteiger partial charge in [0.25, 0.3) is 0 Å². The van der Waals surface area contributed by atoms with Crippen LogP contribution in [0.25, 0.3) is 0 Å². The summed E-state index contributed by atoms with van der Waals surface area (Å²) >= 11 is 1.70. The molecule has 94 valence electrons. The number of unbranched alkanes of at least 4 members (excludes halogenated alkanes) is 2. The second-order valence-corrected chi connectivity index (χ2v) is 5.12. The predicted octanol–water partition coefficient (Wildman–Crippen LogP) is 3.89. The van der Waals surface area contributed by atoms with Crippen molar-refractivity contribution in [3.8, 4) is 18.4 Å². The molecule has 1 aromatic rings. The highest BCUT2D eigenvalue weighted by Crippen LogP contribution is 2.27. The van der Waals surface area contributed by atoms with Gasteiger partial charge in [-0.3, -0.25) is 0 Å². The summed E-state index contributed by atoms with van der Waals surface area (Å²) in [4.78, 5) is 1.05. The Morgan fingerprint density at radius 1 is 1.39 bits per heavy atom. The summed E-state index contributed by atoms with van der Waals surface area (Å²) in [7, 11) is 0. The van der Waals surface area contributed by atoms with Crippen molar-refractivity contribution in [1.29, 1.82) is 5.26 Å². The zero-order valence-corrected chi connectivity index (χ0v) is 11.5. The van der Waals surface area contributed by atoms with Crippen LogP contribution in [0.15, 0.2) is 23.1 Å². The second kappa shape index (κ2) is 8.50. The van der Waals surface area contributed by atoms with Crippen LogP contribution in [0, 0.1) is 23.7 Å². The third-order valence-corrected chi connectivity index (χ3v) is 3.44. The summed E-state index contributed by atoms with van der Waals surface area (Å²) in [6.07, 6.45) is 8.07. The van der Waals surface area contributed by atoms with Crippen LogP contribution in [0.5, 0.6) is 0 Å². The van der Waals surface area contributed by atoms with E-state index in [1.165, 1.54) is 0 Å². The lowest BCUT2D eigenvalue weighted by molar-refractivity contribution is 0.789. The van der Waals surface area contributed by atoms with Gasteiger partial charge in [-0.1, -0.05) is 13.0 Å². The molecule has 3 heteroatoms. The van der Waals surface area contributed by atoms with Crippen LogP contribution in [-0.2, 0) is 0 Å². The first-order valence-electron chi connectivity index (χ1n) is 6.16. The van der Waals surface area contributed by atoms with Gasteiger partial charge in [-0.05, 0) is 30.7 Å². The lowest BCUT2D eigenvalue weighted by Crippen LogP contribution is -2.03. The summed E-state index contributed by atoms with van der Waals surface area (Å²) in [6.45, 7) is 2.95. The number of nitrogens with zero attached hydrogens (tertiary/aromatic N) is 1. The van der Waals surface area contributed by atoms with E-state index in [4.69, 9.17) is 6.42 Å². The number of nitrogens with one attached hydrogen (secondary N) is 1. The molecule has 0 bridgehead atoms. The molecule has 0 atom stereocenters. The number of terminal acetylenes is 1. The van der Waals surface area contributed by atoms with Crippen LogP contribution >= 0.6 is 11.8 Å². The van der Waals surface area contributed by atoms with Crippen LogP contribution in [0.1, 0.15) is 31.7 Å². The van der Waals surface area contributed by atoms with Gasteiger partial charge >= 0.3 is 0 Å². The van der Waals surface area contributed by atoms with Crippen molar-refractivity contribution >= 4 is 17.4 Å². The number of thioether (sulfide) groups is 1. The van der Waals surface area contributed by atoms with Gasteiger partial charge in [-0.25, -0.2) is 0 Å². The molecule has 2 nitrogen and oxygen atoms in total. The molecule has 0 aliphatic heterocycles. The van der Waals surface area contributed by atoms with Crippen molar-refractivity contribution in [2.24, 2.45) is 0 Å². The number of nitriles is 1. The van der Waals surface area contributed by atoms with Crippen molar-refractivity contribution in [1.82, 2.24) is 0 Å². The average Bonchev–Trinajstić information content (AvgIpc) is 2.39. The molecular formula is C15H18N2S. The molecule has 0 unspecified atom stereocenters. The molecule has 0 aliphatic carbocycles. The van der Waals surface area contributed by atoms with Gasteiger partial charge in [0.15, 0.2) is 0 Å². The molecule has 0 fully saturated rings. The molecule has 0 saturated heterocycles. The number of hydrogen-bond acceptors (Lipinski definition) is 3. The normalized spacial score (nSPS) is 9.50. The summed E-state index contributed by atoms with van der Waals surface area (Å²) < 4.78 is 0. The maximum Gasteiger partial charge on any atom is 0.102 e. The summed E-state index contributed by atoms with van der Waals surface area (Å²) in [5.74, 6) is 3.60. The standard InChI is InChI=1S/C15H18N2S/c1-3-5-6-7-11-17-14-9-8-10-15(18-4-2)13(14)12-16/h1,8-10,17H,4-7,11H2,2H3. The third kappa shape index (κ3) is 4.35. The highest BCUT2D eigenvalue weighted by atomic mass is 32.2. The van der Waals surface area contributed by atoms with Gasteiger partial charge in [0.05, 0.1) is 11.3 Å². The van der Waals surface area contributed by atoms with Gasteiger partial charge in [-0.2, -0.15) is 5.26 Å². The second-order valence-electron chi connectivity index (χ2n) is 3.81. The average molecular weight is 258 g/mol. The molecule has 0 amide bonds. The number of anilines is 1. The molecule has 1 N–H and O–H groups in total. The van der Waals surface area contributed by atoms with E-state index in [1.54, 1.807) is 11.8 Å². The molecule has 0 aliphatic rings. The predicted molar refractivity (Wildman–Crippen MR) is 78.7 cm³/mol. The maximum absolute atomic E-state index is 9.24. The Balaban J connectivity index is 2.62. The van der Waals surface area contributed by atoms with Crippen molar-refractivity contribution in [2.75, 3.05) is 17.6 Å². The Kier molecular flexibility index (Phi) is 6.84. The van der Waals surface area contributed by atoms with E-state index in [2.05, 4.69) is 24.2 Å². The van der Waals surface area contributed by atoms with E-state index in [9.17, 15) is 5.26 Å². The fourth-order valence-corrected chi connectivity index (χ4v) is 2.43. The van der Waals surface area contributed by atoms with Crippen LogP contribution in [0.2, 0.25) is 0 Å². The largest absolute Gasteiger partial charge is 0.384 e. The van der Waals surface area contributed by atoms with Crippen molar-refractivity contribution < 1.29 is 0 Å². The Morgan fingerprint density at radius 2 is 2.22 bits per heavy atom. The Bertz CT molecular complexity index is 455. The molecule has 0 radical (unpaired) electrons. The zero-order chi connectivity index (χ0) is 13.2. The SMILES string of the molecule is C#CCCCCNc1cccc(SCC)c1C#N. The topological polar surface area (TPSA) is 35.8 Å². The van der Waals surface area contributed by atoms with Crippen LogP contribution < -0.4 is 5.32 Å². The first-order chi connectivity index (χ1) is 8.83. The fraction of sp³-hybridized carbons (Fsp3) is 0.400. The molecule has 1 aromatic carbocycles. The van der Waals surface area contributed by atoms with Gasteiger partial charge in [0.2, 0.25) is 0 Å². The molecular weight excluding hydrogens is 240 g/mol. The Hall–Kier alpha value is -1.58. The number of benzene rings is 1. The summed E-state index contributed by atoms with van der Waals surface area (Å²) in [5, 5.41) is 12.6. The minimum Gasteiger partial charge on any atom is -0.384 e. The molecule has 0 heterocycles. The first-order valence-corrected chi connectivity index (χ1v) is 7.15. The monoisotopic (exact) mass is 258 g/mol. The van der Waals surface area contributed by atoms with E-state index >= 15 is 0 Å². The zero-order valence-electron chi connectivity index (χ0n) is 10.7. The van der Waals surface area contributed by atoms with Crippen molar-refractivity contribution in [2.45, 2.75) is 31.1 Å². The minimum absolute atomic E-state index is 0.751. The quantitative estimate of drug-likeness (QED) is 0.458. The van der Waals surface area contributed by atoms with E-state index < -0.39 is 0 Å². The number of rotatable bonds is 7. The lowest BCUT2D eigenvalue weighted by atomic mass is 10.2. The molecule has 1 rings (SSSR count). The van der Waals surface area contributed by atoms with Gasteiger partial charge in [0, 0.05) is 17.9 Å². The van der Waals surface area contributed by atoms with Crippen LogP contribution in [0.3, 0.4) is 0 Å². The minimum atomic E-state index is 0.751. The van der Waals surface area contributed by atoms with Gasteiger partial charge in [0.1, 0.15) is 6.07 Å². The molecule has 0 saturated carbocycles. The van der Waals surface area contributed by atoms with E-state index in [-0.39, 0.29) is 0 Å². The highest BCUT2D eigenvalue weighted by molar-refractivity contribution is 7.99. The van der Waals surface area contributed by atoms with E-state index in [0.29, 0.717) is 0 Å². The number of hydrogen-bond donors (Lipinski definition) is 1. The first kappa shape index (κ1) is 14.5. The molecule has 0 spiro atoms. The summed E-state index contributed by atoms with van der Waals surface area (Å²) in [6, 6.07) is 8.23.